The van der Waals surface area contributed by atoms with E-state index in [1.807, 2.05) is 0 Å². The molecular formula is C14H18ClFO2. The molecule has 1 heterocycles. The second kappa shape index (κ2) is 6.50. The molecular weight excluding hydrogens is 255 g/mol. The average molecular weight is 273 g/mol. The molecule has 4 heteroatoms. The quantitative estimate of drug-likeness (QED) is 0.812. The van der Waals surface area contributed by atoms with Crippen LogP contribution in [-0.4, -0.2) is 13.2 Å². The zero-order valence-electron chi connectivity index (χ0n) is 10.5. The van der Waals surface area contributed by atoms with Crippen LogP contribution in [0.15, 0.2) is 18.2 Å². The SMILES string of the molecule is CCCC[C@H]1CO[C@H](c2ccc(Cl)c(F)c2)OC1. The normalized spacial score (nSPS) is 24.2. The van der Waals surface area contributed by atoms with Gasteiger partial charge >= 0.3 is 0 Å². The highest BCUT2D eigenvalue weighted by Crippen LogP contribution is 2.28. The van der Waals surface area contributed by atoms with Crippen LogP contribution in [0.4, 0.5) is 4.39 Å². The first-order valence-corrected chi connectivity index (χ1v) is 6.76. The predicted octanol–water partition coefficient (Wildman–Crippen LogP) is 4.33. The molecule has 2 nitrogen and oxygen atoms in total. The van der Waals surface area contributed by atoms with Gasteiger partial charge in [-0.2, -0.15) is 0 Å². The standard InChI is InChI=1S/C14H18ClFO2/c1-2-3-4-10-8-17-14(18-9-10)11-5-6-12(15)13(16)7-11/h5-7,10,14H,2-4,8-9H2,1H3/t10-,14-. The molecule has 18 heavy (non-hydrogen) atoms. The molecule has 2 rings (SSSR count). The lowest BCUT2D eigenvalue weighted by molar-refractivity contribution is -0.206. The van der Waals surface area contributed by atoms with Crippen molar-refractivity contribution in [3.63, 3.8) is 0 Å². The Morgan fingerprint density at radius 1 is 1.33 bits per heavy atom. The van der Waals surface area contributed by atoms with Crippen molar-refractivity contribution in [1.29, 1.82) is 0 Å². The Morgan fingerprint density at radius 2 is 2.06 bits per heavy atom. The number of halogens is 2. The third-order valence-corrected chi connectivity index (χ3v) is 3.45. The Hall–Kier alpha value is -0.640. The summed E-state index contributed by atoms with van der Waals surface area (Å²) in [4.78, 5) is 0. The lowest BCUT2D eigenvalue weighted by atomic mass is 10.0. The Labute approximate surface area is 112 Å². The summed E-state index contributed by atoms with van der Waals surface area (Å²) in [7, 11) is 0. The molecule has 1 fully saturated rings. The van der Waals surface area contributed by atoms with Gasteiger partial charge in [0.05, 0.1) is 18.2 Å². The molecule has 1 aliphatic heterocycles. The molecule has 0 bridgehead atoms. The van der Waals surface area contributed by atoms with Crippen LogP contribution in [0.3, 0.4) is 0 Å². The first-order valence-electron chi connectivity index (χ1n) is 6.39. The molecule has 0 N–H and O–H groups in total. The van der Waals surface area contributed by atoms with Gasteiger partial charge in [0.15, 0.2) is 6.29 Å². The first kappa shape index (κ1) is 13.8. The smallest absolute Gasteiger partial charge is 0.183 e. The van der Waals surface area contributed by atoms with E-state index in [2.05, 4.69) is 6.92 Å². The number of hydrogen-bond acceptors (Lipinski definition) is 2. The van der Waals surface area contributed by atoms with Crippen LogP contribution in [0.1, 0.15) is 38.0 Å². The van der Waals surface area contributed by atoms with Crippen molar-refractivity contribution in [3.05, 3.63) is 34.6 Å². The van der Waals surface area contributed by atoms with Gasteiger partial charge in [-0.3, -0.25) is 0 Å². The fourth-order valence-corrected chi connectivity index (χ4v) is 2.17. The Balaban J connectivity index is 1.90. The van der Waals surface area contributed by atoms with E-state index in [1.54, 1.807) is 6.07 Å². The van der Waals surface area contributed by atoms with Gasteiger partial charge in [-0.25, -0.2) is 4.39 Å². The number of rotatable bonds is 4. The maximum atomic E-state index is 13.3. The van der Waals surface area contributed by atoms with Crippen molar-refractivity contribution < 1.29 is 13.9 Å². The summed E-state index contributed by atoms with van der Waals surface area (Å²) in [6.45, 7) is 3.52. The van der Waals surface area contributed by atoms with Crippen LogP contribution in [-0.2, 0) is 9.47 Å². The minimum atomic E-state index is -0.463. The second-order valence-electron chi connectivity index (χ2n) is 4.68. The van der Waals surface area contributed by atoms with Crippen molar-refractivity contribution in [2.24, 2.45) is 5.92 Å². The Kier molecular flexibility index (Phi) is 4.98. The second-order valence-corrected chi connectivity index (χ2v) is 5.09. The topological polar surface area (TPSA) is 18.5 Å². The van der Waals surface area contributed by atoms with Crippen LogP contribution >= 0.6 is 11.6 Å². The fraction of sp³-hybridized carbons (Fsp3) is 0.571. The summed E-state index contributed by atoms with van der Waals surface area (Å²) in [6.07, 6.45) is 3.03. The van der Waals surface area contributed by atoms with Gasteiger partial charge in [0.25, 0.3) is 0 Å². The molecule has 0 aromatic heterocycles. The fourth-order valence-electron chi connectivity index (χ4n) is 2.05. The van der Waals surface area contributed by atoms with Gasteiger partial charge in [-0.05, 0) is 18.6 Å². The van der Waals surface area contributed by atoms with E-state index in [4.69, 9.17) is 21.1 Å². The van der Waals surface area contributed by atoms with E-state index in [1.165, 1.54) is 25.0 Å². The number of hydrogen-bond donors (Lipinski definition) is 0. The highest BCUT2D eigenvalue weighted by atomic mass is 35.5. The molecule has 0 saturated carbocycles. The highest BCUT2D eigenvalue weighted by Gasteiger charge is 2.23. The summed E-state index contributed by atoms with van der Waals surface area (Å²) in [5.74, 6) is 0.0211. The van der Waals surface area contributed by atoms with E-state index in [-0.39, 0.29) is 5.02 Å². The molecule has 0 amide bonds. The molecule has 0 atom stereocenters. The number of benzene rings is 1. The van der Waals surface area contributed by atoms with Gasteiger partial charge in [0, 0.05) is 11.5 Å². The molecule has 0 unspecified atom stereocenters. The third kappa shape index (κ3) is 3.44. The van der Waals surface area contributed by atoms with Crippen LogP contribution < -0.4 is 0 Å². The maximum Gasteiger partial charge on any atom is 0.183 e. The molecule has 0 spiro atoms. The Bertz CT molecular complexity index is 389. The first-order chi connectivity index (χ1) is 8.70. The third-order valence-electron chi connectivity index (χ3n) is 3.15. The molecule has 0 aliphatic carbocycles. The van der Waals surface area contributed by atoms with Gasteiger partial charge in [-0.1, -0.05) is 37.4 Å². The predicted molar refractivity (Wildman–Crippen MR) is 69.1 cm³/mol. The van der Waals surface area contributed by atoms with Crippen molar-refractivity contribution in [1.82, 2.24) is 0 Å². The summed E-state index contributed by atoms with van der Waals surface area (Å²) in [6, 6.07) is 4.64. The largest absolute Gasteiger partial charge is 0.348 e. The summed E-state index contributed by atoms with van der Waals surface area (Å²) >= 11 is 5.64. The van der Waals surface area contributed by atoms with Crippen molar-refractivity contribution in [2.45, 2.75) is 32.5 Å². The monoisotopic (exact) mass is 272 g/mol. The van der Waals surface area contributed by atoms with Gasteiger partial charge in [0.1, 0.15) is 5.82 Å². The highest BCUT2D eigenvalue weighted by molar-refractivity contribution is 6.30. The van der Waals surface area contributed by atoms with E-state index < -0.39 is 12.1 Å². The summed E-state index contributed by atoms with van der Waals surface area (Å²) in [5.41, 5.74) is 0.686. The summed E-state index contributed by atoms with van der Waals surface area (Å²) in [5, 5.41) is 0.121. The zero-order valence-corrected chi connectivity index (χ0v) is 11.3. The molecule has 0 radical (unpaired) electrons. The molecule has 1 aromatic rings. The van der Waals surface area contributed by atoms with Gasteiger partial charge < -0.3 is 9.47 Å². The molecule has 1 aliphatic rings. The lowest BCUT2D eigenvalue weighted by Crippen LogP contribution is -2.27. The minimum Gasteiger partial charge on any atom is -0.348 e. The summed E-state index contributed by atoms with van der Waals surface area (Å²) < 4.78 is 24.6. The minimum absolute atomic E-state index is 0.121. The van der Waals surface area contributed by atoms with E-state index in [9.17, 15) is 4.39 Å². The maximum absolute atomic E-state index is 13.3. The van der Waals surface area contributed by atoms with E-state index >= 15 is 0 Å². The van der Waals surface area contributed by atoms with E-state index in [0.717, 1.165) is 6.42 Å². The van der Waals surface area contributed by atoms with Crippen molar-refractivity contribution in [3.8, 4) is 0 Å². The average Bonchev–Trinajstić information content (AvgIpc) is 2.40. The number of ether oxygens (including phenoxy) is 2. The molecule has 1 saturated heterocycles. The van der Waals surface area contributed by atoms with Crippen molar-refractivity contribution in [2.75, 3.05) is 13.2 Å². The Morgan fingerprint density at radius 3 is 2.67 bits per heavy atom. The number of unbranched alkanes of at least 4 members (excludes halogenated alkanes) is 1. The molecule has 100 valence electrons. The van der Waals surface area contributed by atoms with Gasteiger partial charge in [0.2, 0.25) is 0 Å². The van der Waals surface area contributed by atoms with Crippen molar-refractivity contribution >= 4 is 11.6 Å². The molecule has 1 aromatic carbocycles. The van der Waals surface area contributed by atoms with Crippen LogP contribution in [0.2, 0.25) is 5.02 Å². The van der Waals surface area contributed by atoms with Gasteiger partial charge in [-0.15, -0.1) is 0 Å². The zero-order chi connectivity index (χ0) is 13.0. The van der Waals surface area contributed by atoms with Crippen LogP contribution in [0.25, 0.3) is 0 Å². The van der Waals surface area contributed by atoms with Crippen LogP contribution in [0.5, 0.6) is 0 Å². The van der Waals surface area contributed by atoms with Crippen LogP contribution in [0, 0.1) is 11.7 Å². The lowest BCUT2D eigenvalue weighted by Gasteiger charge is -2.29. The van der Waals surface area contributed by atoms with E-state index in [0.29, 0.717) is 24.7 Å².